The molecule has 1 saturated heterocycles. The second-order valence-electron chi connectivity index (χ2n) is 10.0. The molecule has 2 fully saturated rings. The molecule has 1 N–H and O–H groups in total. The molecular weight excluding hydrogens is 492 g/mol. The molecule has 0 bridgehead atoms. The average molecular weight is 521 g/mol. The highest BCUT2D eigenvalue weighted by Gasteiger charge is 2.33. The van der Waals surface area contributed by atoms with Gasteiger partial charge in [-0.15, -0.1) is 0 Å². The Kier molecular flexibility index (Phi) is 6.78. The molecule has 2 aromatic heterocycles. The van der Waals surface area contributed by atoms with Gasteiger partial charge in [0.25, 0.3) is 0 Å². The minimum atomic E-state index is -4.51. The molecule has 8 nitrogen and oxygen atoms in total. The molecule has 1 amide bonds. The molecule has 1 aliphatic heterocycles. The predicted octanol–water partition coefficient (Wildman–Crippen LogP) is 4.66. The summed E-state index contributed by atoms with van der Waals surface area (Å²) in [5.74, 6) is 0.425. The number of benzene rings is 1. The van der Waals surface area contributed by atoms with Crippen molar-refractivity contribution in [3.05, 3.63) is 30.2 Å². The average Bonchev–Trinajstić information content (AvgIpc) is 3.41. The first-order valence-electron chi connectivity index (χ1n) is 12.3. The number of alkyl halides is 4. The van der Waals surface area contributed by atoms with Gasteiger partial charge in [0.1, 0.15) is 6.54 Å². The summed E-state index contributed by atoms with van der Waals surface area (Å²) in [5.41, 5.74) is 1.12. The molecule has 3 aromatic rings. The Bertz CT molecular complexity index is 1320. The molecule has 2 aliphatic rings. The van der Waals surface area contributed by atoms with Crippen LogP contribution in [-0.4, -0.2) is 63.7 Å². The summed E-state index contributed by atoms with van der Waals surface area (Å²) in [5, 5.41) is 7.06. The van der Waals surface area contributed by atoms with Gasteiger partial charge in [-0.3, -0.25) is 9.79 Å². The Balaban J connectivity index is 1.46. The van der Waals surface area contributed by atoms with E-state index in [0.29, 0.717) is 35.7 Å². The van der Waals surface area contributed by atoms with Gasteiger partial charge in [-0.2, -0.15) is 18.2 Å². The lowest BCUT2D eigenvalue weighted by atomic mass is 9.76. The number of hydrogen-bond acceptors (Lipinski definition) is 6. The zero-order valence-electron chi connectivity index (χ0n) is 20.6. The number of carbonyl (C=O) groups excluding carboxylic acids is 1. The maximum atomic E-state index is 14.6. The topological polar surface area (TPSA) is 88.6 Å². The monoisotopic (exact) mass is 520 g/mol. The lowest BCUT2D eigenvalue weighted by Gasteiger charge is -2.31. The number of nitrogens with zero attached hydrogens (tertiary/aromatic N) is 5. The van der Waals surface area contributed by atoms with E-state index in [9.17, 15) is 22.4 Å². The van der Waals surface area contributed by atoms with Crippen LogP contribution in [0.15, 0.2) is 33.8 Å². The fourth-order valence-electron chi connectivity index (χ4n) is 4.97. The molecule has 1 aliphatic carbocycles. The van der Waals surface area contributed by atoms with Gasteiger partial charge >= 0.3 is 6.18 Å². The molecule has 12 heteroatoms. The highest BCUT2D eigenvalue weighted by molar-refractivity contribution is 5.99. The first-order valence-corrected chi connectivity index (χ1v) is 12.3. The zero-order valence-corrected chi connectivity index (χ0v) is 20.6. The van der Waals surface area contributed by atoms with Gasteiger partial charge in [-0.1, -0.05) is 18.1 Å². The summed E-state index contributed by atoms with van der Waals surface area (Å²) in [6.45, 7) is 1.66. The lowest BCUT2D eigenvalue weighted by molar-refractivity contribution is -0.139. The van der Waals surface area contributed by atoms with Gasteiger partial charge in [0.2, 0.25) is 17.6 Å². The van der Waals surface area contributed by atoms with Crippen molar-refractivity contribution in [2.45, 2.75) is 51.6 Å². The molecule has 0 unspecified atom stereocenters. The molecule has 0 spiro atoms. The number of fused-ring (bicyclic) bond motifs is 1. The predicted molar refractivity (Wildman–Crippen MR) is 129 cm³/mol. The number of amides is 1. The van der Waals surface area contributed by atoms with E-state index in [2.05, 4.69) is 27.4 Å². The summed E-state index contributed by atoms with van der Waals surface area (Å²) in [7, 11) is 1.83. The molecule has 5 rings (SSSR count). The number of hydrogen-bond donors (Lipinski definition) is 1. The van der Waals surface area contributed by atoms with Crippen molar-refractivity contribution >= 4 is 28.2 Å². The Morgan fingerprint density at radius 1 is 1.30 bits per heavy atom. The van der Waals surface area contributed by atoms with Crippen LogP contribution in [0.5, 0.6) is 0 Å². The first-order chi connectivity index (χ1) is 17.6. The Morgan fingerprint density at radius 2 is 2.08 bits per heavy atom. The summed E-state index contributed by atoms with van der Waals surface area (Å²) >= 11 is 0. The number of halogens is 4. The van der Waals surface area contributed by atoms with Crippen molar-refractivity contribution in [1.29, 1.82) is 0 Å². The maximum absolute atomic E-state index is 14.6. The van der Waals surface area contributed by atoms with Gasteiger partial charge < -0.3 is 19.3 Å². The molecule has 3 heterocycles. The summed E-state index contributed by atoms with van der Waals surface area (Å²) < 4.78 is 61.5. The van der Waals surface area contributed by atoms with Crippen LogP contribution in [0.3, 0.4) is 0 Å². The van der Waals surface area contributed by atoms with Gasteiger partial charge in [-0.25, -0.2) is 4.39 Å². The number of aliphatic imine (C=N–C) groups is 1. The van der Waals surface area contributed by atoms with Crippen LogP contribution in [-0.2, 0) is 17.9 Å². The summed E-state index contributed by atoms with van der Waals surface area (Å²) in [6.07, 6.45) is -3.68. The molecule has 1 saturated carbocycles. The molecule has 0 radical (unpaired) electrons. The van der Waals surface area contributed by atoms with E-state index >= 15 is 0 Å². The van der Waals surface area contributed by atoms with Crippen LogP contribution in [0.1, 0.15) is 32.1 Å². The van der Waals surface area contributed by atoms with Crippen molar-refractivity contribution in [2.75, 3.05) is 20.1 Å². The molecular formula is C25H28F4N6O2. The van der Waals surface area contributed by atoms with Gasteiger partial charge in [0.15, 0.2) is 6.17 Å². The second-order valence-corrected chi connectivity index (χ2v) is 10.0. The number of aromatic nitrogens is 3. The van der Waals surface area contributed by atoms with E-state index in [-0.39, 0.29) is 47.8 Å². The third-order valence-corrected chi connectivity index (χ3v) is 6.96. The fraction of sp³-hybridized carbons (Fsp3) is 0.520. The van der Waals surface area contributed by atoms with Crippen LogP contribution >= 0.6 is 0 Å². The van der Waals surface area contributed by atoms with Gasteiger partial charge in [0, 0.05) is 30.8 Å². The van der Waals surface area contributed by atoms with E-state index in [1.165, 1.54) is 6.07 Å². The lowest BCUT2D eigenvalue weighted by Crippen LogP contribution is -2.39. The van der Waals surface area contributed by atoms with Crippen molar-refractivity contribution < 1.29 is 26.9 Å². The van der Waals surface area contributed by atoms with Gasteiger partial charge in [0.05, 0.1) is 29.2 Å². The van der Waals surface area contributed by atoms with Crippen molar-refractivity contribution in [1.82, 2.24) is 24.9 Å². The Morgan fingerprint density at radius 3 is 2.78 bits per heavy atom. The van der Waals surface area contributed by atoms with Crippen LogP contribution < -0.4 is 5.32 Å². The SMILES string of the molecule is CN1CC/C(=N\c2cccc3c2cc(-c2noc(CNC(=O)[C@H]4C[C@H](C)C4)n2)n3CC(F)(F)F)[C@@H](F)C1. The molecule has 37 heavy (non-hydrogen) atoms. The number of carbonyl (C=O) groups is 1. The van der Waals surface area contributed by atoms with E-state index < -0.39 is 18.9 Å². The third kappa shape index (κ3) is 5.53. The van der Waals surface area contributed by atoms with Crippen molar-refractivity contribution in [2.24, 2.45) is 16.8 Å². The number of likely N-dealkylation sites (tertiary alicyclic amines) is 1. The van der Waals surface area contributed by atoms with Gasteiger partial charge in [-0.05, 0) is 44.0 Å². The number of nitrogens with one attached hydrogen (secondary N) is 1. The smallest absolute Gasteiger partial charge is 0.347 e. The summed E-state index contributed by atoms with van der Waals surface area (Å²) in [4.78, 5) is 22.8. The zero-order chi connectivity index (χ0) is 26.3. The Labute approximate surface area is 210 Å². The second kappa shape index (κ2) is 9.88. The highest BCUT2D eigenvalue weighted by Crippen LogP contribution is 2.36. The molecule has 1 atom stereocenters. The van der Waals surface area contributed by atoms with Crippen LogP contribution in [0, 0.1) is 11.8 Å². The van der Waals surface area contributed by atoms with E-state index in [4.69, 9.17) is 4.52 Å². The number of piperidine rings is 1. The first kappa shape index (κ1) is 25.4. The fourth-order valence-corrected chi connectivity index (χ4v) is 4.97. The Hall–Kier alpha value is -3.28. The normalized spacial score (nSPS) is 23.9. The minimum absolute atomic E-state index is 0.0124. The highest BCUT2D eigenvalue weighted by atomic mass is 19.4. The summed E-state index contributed by atoms with van der Waals surface area (Å²) in [6, 6.07) is 6.32. The number of rotatable bonds is 6. The van der Waals surface area contributed by atoms with Crippen LogP contribution in [0.4, 0.5) is 23.2 Å². The largest absolute Gasteiger partial charge is 0.406 e. The van der Waals surface area contributed by atoms with Crippen LogP contribution in [0.25, 0.3) is 22.4 Å². The standard InChI is InChI=1S/C25H28F4N6O2/c1-14-8-15(9-14)24(36)30-11-22-32-23(33-37-22)21-10-16-18(31-19-6-7-34(2)12-17(19)26)4-3-5-20(16)35(21)13-25(27,28)29/h3-5,10,14-15,17H,6-9,11-13H2,1-2H3,(H,30,36)/b31-19+/t14-,15-,17-/m0/s1. The van der Waals surface area contributed by atoms with E-state index in [1.807, 2.05) is 11.9 Å². The van der Waals surface area contributed by atoms with E-state index in [1.54, 1.807) is 18.2 Å². The molecule has 1 aromatic carbocycles. The van der Waals surface area contributed by atoms with Crippen LogP contribution in [0.2, 0.25) is 0 Å². The minimum Gasteiger partial charge on any atom is -0.347 e. The quantitative estimate of drug-likeness (QED) is 0.478. The maximum Gasteiger partial charge on any atom is 0.406 e. The van der Waals surface area contributed by atoms with Crippen molar-refractivity contribution in [3.8, 4) is 11.5 Å². The third-order valence-electron chi connectivity index (χ3n) is 6.96. The van der Waals surface area contributed by atoms with Crippen molar-refractivity contribution in [3.63, 3.8) is 0 Å². The molecule has 198 valence electrons. The van der Waals surface area contributed by atoms with E-state index in [0.717, 1.165) is 17.4 Å².